The van der Waals surface area contributed by atoms with E-state index in [4.69, 9.17) is 0 Å². The molecule has 0 aliphatic heterocycles. The van der Waals surface area contributed by atoms with E-state index < -0.39 is 29.4 Å². The van der Waals surface area contributed by atoms with Crippen LogP contribution in [0.5, 0.6) is 0 Å². The summed E-state index contributed by atoms with van der Waals surface area (Å²) in [7, 11) is 0. The highest BCUT2D eigenvalue weighted by atomic mass is 19.4. The molecule has 0 fully saturated rings. The van der Waals surface area contributed by atoms with Gasteiger partial charge in [-0.3, -0.25) is 10.1 Å². The summed E-state index contributed by atoms with van der Waals surface area (Å²) in [4.78, 5) is 15.1. The van der Waals surface area contributed by atoms with Gasteiger partial charge in [0.05, 0.1) is 4.92 Å². The van der Waals surface area contributed by atoms with Crippen molar-refractivity contribution in [3.05, 3.63) is 22.2 Å². The Balaban J connectivity index is 3.31. The first-order valence-electron chi connectivity index (χ1n) is 6.38. The standard InChI is InChI=1S/C12H17F3N4O2/c1-4-16-10-6-5-9(19(20)21)11(17-10)18(8(2)3)7-12(13,14)15/h5-6,8H,4,7H2,1-3H3,(H,16,17). The molecular formula is C12H17F3N4O2. The van der Waals surface area contributed by atoms with Gasteiger partial charge in [-0.1, -0.05) is 0 Å². The van der Waals surface area contributed by atoms with Crippen molar-refractivity contribution < 1.29 is 18.1 Å². The van der Waals surface area contributed by atoms with Crippen molar-refractivity contribution in [2.75, 3.05) is 23.3 Å². The summed E-state index contributed by atoms with van der Waals surface area (Å²) in [6.07, 6.45) is -4.48. The molecular weight excluding hydrogens is 289 g/mol. The van der Waals surface area contributed by atoms with E-state index in [2.05, 4.69) is 10.3 Å². The average molecular weight is 306 g/mol. The largest absolute Gasteiger partial charge is 0.405 e. The third kappa shape index (κ3) is 4.76. The Morgan fingerprint density at radius 1 is 1.43 bits per heavy atom. The van der Waals surface area contributed by atoms with Crippen molar-refractivity contribution >= 4 is 17.3 Å². The summed E-state index contributed by atoms with van der Waals surface area (Å²) < 4.78 is 38.0. The second kappa shape index (κ2) is 6.59. The van der Waals surface area contributed by atoms with Gasteiger partial charge < -0.3 is 10.2 Å². The molecule has 9 heteroatoms. The summed E-state index contributed by atoms with van der Waals surface area (Å²) in [6.45, 7) is 4.05. The van der Waals surface area contributed by atoms with Crippen LogP contribution in [0, 0.1) is 10.1 Å². The number of nitrogens with one attached hydrogen (secondary N) is 1. The smallest absolute Gasteiger partial charge is 0.370 e. The van der Waals surface area contributed by atoms with Crippen LogP contribution in [0.15, 0.2) is 12.1 Å². The van der Waals surface area contributed by atoms with Crippen molar-refractivity contribution in [2.24, 2.45) is 0 Å². The van der Waals surface area contributed by atoms with Gasteiger partial charge in [0.15, 0.2) is 0 Å². The van der Waals surface area contributed by atoms with Crippen molar-refractivity contribution in [2.45, 2.75) is 33.0 Å². The molecule has 1 aromatic heterocycles. The lowest BCUT2D eigenvalue weighted by Gasteiger charge is -2.28. The van der Waals surface area contributed by atoms with Gasteiger partial charge in [0.2, 0.25) is 5.82 Å². The van der Waals surface area contributed by atoms with Gasteiger partial charge in [0.1, 0.15) is 12.4 Å². The minimum atomic E-state index is -4.48. The summed E-state index contributed by atoms with van der Waals surface area (Å²) in [5.41, 5.74) is -0.449. The molecule has 0 saturated carbocycles. The van der Waals surface area contributed by atoms with Gasteiger partial charge in [0.25, 0.3) is 0 Å². The SMILES string of the molecule is CCNc1ccc([N+](=O)[O-])c(N(CC(F)(F)F)C(C)C)n1. The number of halogens is 3. The predicted molar refractivity (Wildman–Crippen MR) is 73.6 cm³/mol. The van der Waals surface area contributed by atoms with Crippen LogP contribution in [-0.2, 0) is 0 Å². The van der Waals surface area contributed by atoms with Crippen LogP contribution in [0.4, 0.5) is 30.5 Å². The molecule has 0 unspecified atom stereocenters. The molecule has 1 heterocycles. The quantitative estimate of drug-likeness (QED) is 0.645. The van der Waals surface area contributed by atoms with Crippen LogP contribution in [-0.4, -0.2) is 35.2 Å². The van der Waals surface area contributed by atoms with Gasteiger partial charge in [-0.05, 0) is 26.8 Å². The first kappa shape index (κ1) is 17.0. The van der Waals surface area contributed by atoms with Gasteiger partial charge in [-0.25, -0.2) is 4.98 Å². The van der Waals surface area contributed by atoms with Crippen molar-refractivity contribution in [3.8, 4) is 0 Å². The highest BCUT2D eigenvalue weighted by Crippen LogP contribution is 2.31. The van der Waals surface area contributed by atoms with Crippen LogP contribution < -0.4 is 10.2 Å². The molecule has 1 aromatic rings. The normalized spacial score (nSPS) is 11.6. The predicted octanol–water partition coefficient (Wildman–Crippen LogP) is 3.20. The third-order valence-corrected chi connectivity index (χ3v) is 2.65. The van der Waals surface area contributed by atoms with E-state index in [1.807, 2.05) is 0 Å². The van der Waals surface area contributed by atoms with Crippen molar-refractivity contribution in [3.63, 3.8) is 0 Å². The molecule has 0 spiro atoms. The van der Waals surface area contributed by atoms with E-state index in [0.29, 0.717) is 12.4 Å². The maximum absolute atomic E-state index is 12.7. The maximum Gasteiger partial charge on any atom is 0.405 e. The summed E-state index contributed by atoms with van der Waals surface area (Å²) in [5, 5.41) is 13.8. The fourth-order valence-corrected chi connectivity index (χ4v) is 1.77. The zero-order valence-corrected chi connectivity index (χ0v) is 11.9. The Kier molecular flexibility index (Phi) is 5.34. The molecule has 1 N–H and O–H groups in total. The number of hydrogen-bond donors (Lipinski definition) is 1. The van der Waals surface area contributed by atoms with Crippen molar-refractivity contribution in [1.29, 1.82) is 0 Å². The minimum absolute atomic E-state index is 0.286. The minimum Gasteiger partial charge on any atom is -0.370 e. The maximum atomic E-state index is 12.7. The van der Waals surface area contributed by atoms with Gasteiger partial charge in [0, 0.05) is 18.7 Å². The third-order valence-electron chi connectivity index (χ3n) is 2.65. The Hall–Kier alpha value is -2.06. The number of nitrogens with zero attached hydrogens (tertiary/aromatic N) is 3. The molecule has 0 aliphatic carbocycles. The average Bonchev–Trinajstić information content (AvgIpc) is 2.34. The first-order chi connectivity index (χ1) is 9.65. The van der Waals surface area contributed by atoms with E-state index in [1.54, 1.807) is 6.92 Å². The molecule has 0 atom stereocenters. The zero-order chi connectivity index (χ0) is 16.2. The van der Waals surface area contributed by atoms with Crippen LogP contribution in [0.25, 0.3) is 0 Å². The summed E-state index contributed by atoms with van der Waals surface area (Å²) in [6, 6.07) is 1.94. The topological polar surface area (TPSA) is 71.3 Å². The zero-order valence-electron chi connectivity index (χ0n) is 11.9. The molecule has 0 aliphatic rings. The molecule has 1 rings (SSSR count). The van der Waals surface area contributed by atoms with Crippen molar-refractivity contribution in [1.82, 2.24) is 4.98 Å². The van der Waals surface area contributed by atoms with Crippen LogP contribution in [0.1, 0.15) is 20.8 Å². The Labute approximate surface area is 120 Å². The Morgan fingerprint density at radius 3 is 2.48 bits per heavy atom. The van der Waals surface area contributed by atoms with E-state index in [-0.39, 0.29) is 5.82 Å². The van der Waals surface area contributed by atoms with Gasteiger partial charge in [-0.15, -0.1) is 0 Å². The number of rotatable bonds is 6. The number of pyridine rings is 1. The lowest BCUT2D eigenvalue weighted by atomic mass is 10.2. The number of hydrogen-bond acceptors (Lipinski definition) is 5. The first-order valence-corrected chi connectivity index (χ1v) is 6.38. The Bertz CT molecular complexity index is 506. The van der Waals surface area contributed by atoms with Gasteiger partial charge >= 0.3 is 11.9 Å². The Morgan fingerprint density at radius 2 is 2.05 bits per heavy atom. The molecule has 0 saturated heterocycles. The van der Waals surface area contributed by atoms with E-state index in [1.165, 1.54) is 19.9 Å². The molecule has 118 valence electrons. The molecule has 0 aromatic carbocycles. The highest BCUT2D eigenvalue weighted by Gasteiger charge is 2.35. The molecule has 6 nitrogen and oxygen atoms in total. The number of alkyl halides is 3. The second-order valence-electron chi connectivity index (χ2n) is 4.66. The van der Waals surface area contributed by atoms with E-state index >= 15 is 0 Å². The van der Waals surface area contributed by atoms with Crippen LogP contribution in [0.3, 0.4) is 0 Å². The summed E-state index contributed by atoms with van der Waals surface area (Å²) >= 11 is 0. The monoisotopic (exact) mass is 306 g/mol. The number of anilines is 2. The highest BCUT2D eigenvalue weighted by molar-refractivity contribution is 5.62. The van der Waals surface area contributed by atoms with E-state index in [9.17, 15) is 23.3 Å². The molecule has 0 amide bonds. The fraction of sp³-hybridized carbons (Fsp3) is 0.583. The van der Waals surface area contributed by atoms with E-state index in [0.717, 1.165) is 11.0 Å². The van der Waals surface area contributed by atoms with Crippen LogP contribution >= 0.6 is 0 Å². The number of nitro groups is 1. The molecule has 21 heavy (non-hydrogen) atoms. The fourth-order valence-electron chi connectivity index (χ4n) is 1.77. The van der Waals surface area contributed by atoms with Crippen LogP contribution in [0.2, 0.25) is 0 Å². The van der Waals surface area contributed by atoms with Gasteiger partial charge in [-0.2, -0.15) is 13.2 Å². The molecule has 0 bridgehead atoms. The number of aromatic nitrogens is 1. The summed E-state index contributed by atoms with van der Waals surface area (Å²) in [5.74, 6) is 0.0108. The second-order valence-corrected chi connectivity index (χ2v) is 4.66. The lowest BCUT2D eigenvalue weighted by Crippen LogP contribution is -2.40. The lowest BCUT2D eigenvalue weighted by molar-refractivity contribution is -0.384. The molecule has 0 radical (unpaired) electrons.